The third kappa shape index (κ3) is 4.02. The molecule has 4 aromatic rings. The predicted octanol–water partition coefficient (Wildman–Crippen LogP) is 2.83. The predicted molar refractivity (Wildman–Crippen MR) is 132 cm³/mol. The molecule has 5 heterocycles. The molecule has 9 nitrogen and oxygen atoms in total. The van der Waals surface area contributed by atoms with Crippen molar-refractivity contribution in [2.24, 2.45) is 5.41 Å². The quantitative estimate of drug-likeness (QED) is 0.460. The van der Waals surface area contributed by atoms with Crippen LogP contribution in [0.15, 0.2) is 36.8 Å². The summed E-state index contributed by atoms with van der Waals surface area (Å²) in [5, 5.41) is 12.0. The highest BCUT2D eigenvalue weighted by Crippen LogP contribution is 2.33. The third-order valence-electron chi connectivity index (χ3n) is 6.73. The summed E-state index contributed by atoms with van der Waals surface area (Å²) in [6, 6.07) is 5.10. The lowest BCUT2D eigenvalue weighted by Crippen LogP contribution is -2.43. The number of fused-ring (bicyclic) bond motifs is 2. The molecular weight excluding hydrogens is 449 g/mol. The molecule has 3 aromatic heterocycles. The first-order valence-electron chi connectivity index (χ1n) is 11.9. The van der Waals surface area contributed by atoms with Crippen LogP contribution in [0.3, 0.4) is 0 Å². The molecular formula is C25H28FN7O2. The number of pyridine rings is 1. The van der Waals surface area contributed by atoms with Crippen LogP contribution in [0.2, 0.25) is 0 Å². The van der Waals surface area contributed by atoms with Gasteiger partial charge in [-0.3, -0.25) is 9.48 Å². The van der Waals surface area contributed by atoms with Crippen molar-refractivity contribution >= 4 is 33.8 Å². The van der Waals surface area contributed by atoms with Crippen molar-refractivity contribution in [3.05, 3.63) is 53.9 Å². The van der Waals surface area contributed by atoms with Gasteiger partial charge in [0.25, 0.3) is 5.91 Å². The Morgan fingerprint density at radius 1 is 1.23 bits per heavy atom. The number of nitrogens with one attached hydrogen (secondary N) is 2. The van der Waals surface area contributed by atoms with Crippen LogP contribution in [0, 0.1) is 18.2 Å². The van der Waals surface area contributed by atoms with E-state index in [0.29, 0.717) is 42.2 Å². The average molecular weight is 478 g/mol. The molecule has 1 aromatic carbocycles. The van der Waals surface area contributed by atoms with Crippen molar-refractivity contribution in [1.82, 2.24) is 24.5 Å². The number of ether oxygens (including phenoxy) is 1. The first-order chi connectivity index (χ1) is 16.9. The van der Waals surface area contributed by atoms with E-state index in [1.54, 1.807) is 23.7 Å². The van der Waals surface area contributed by atoms with Crippen LogP contribution in [0.5, 0.6) is 0 Å². The number of carbonyl (C=O) groups excluding carboxylic acids is 1. The third-order valence-corrected chi connectivity index (χ3v) is 6.73. The van der Waals surface area contributed by atoms with Gasteiger partial charge in [0, 0.05) is 67.3 Å². The first-order valence-corrected chi connectivity index (χ1v) is 11.9. The fourth-order valence-corrected chi connectivity index (χ4v) is 4.96. The molecule has 0 atom stereocenters. The molecule has 0 unspecified atom stereocenters. The lowest BCUT2D eigenvalue weighted by molar-refractivity contribution is -0.111. The molecule has 2 aliphatic rings. The normalized spacial score (nSPS) is 17.6. The highest BCUT2D eigenvalue weighted by molar-refractivity contribution is 6.13. The van der Waals surface area contributed by atoms with E-state index in [4.69, 9.17) is 9.84 Å². The first kappa shape index (κ1) is 22.0. The summed E-state index contributed by atoms with van der Waals surface area (Å²) in [5.41, 5.74) is 3.49. The Balaban J connectivity index is 1.37. The van der Waals surface area contributed by atoms with Crippen molar-refractivity contribution in [3.63, 3.8) is 0 Å². The molecule has 2 fully saturated rings. The van der Waals surface area contributed by atoms with Crippen LogP contribution in [0.4, 0.5) is 15.8 Å². The van der Waals surface area contributed by atoms with Crippen LogP contribution in [-0.2, 0) is 11.3 Å². The van der Waals surface area contributed by atoms with Gasteiger partial charge in [-0.2, -0.15) is 5.10 Å². The standard InChI is InChI=1S/C25H28FN7O2/c1-16-10-32-11-17(9-20(26)23(32)28-16)29-24(34)18-3-4-21(31-7-5-27-6-8-31)19-12-33(30-22(18)19)13-25(2)14-35-15-25/h3-4,9-12,27H,5-8,13-15H2,1-2H3,(H,29,34). The van der Waals surface area contributed by atoms with Gasteiger partial charge >= 0.3 is 0 Å². The van der Waals surface area contributed by atoms with Crippen molar-refractivity contribution in [1.29, 1.82) is 0 Å². The average Bonchev–Trinajstić information content (AvgIpc) is 3.40. The van der Waals surface area contributed by atoms with Crippen LogP contribution < -0.4 is 15.5 Å². The molecule has 35 heavy (non-hydrogen) atoms. The largest absolute Gasteiger partial charge is 0.380 e. The Morgan fingerprint density at radius 3 is 2.77 bits per heavy atom. The summed E-state index contributed by atoms with van der Waals surface area (Å²) in [7, 11) is 0. The minimum absolute atomic E-state index is 0.0372. The number of halogens is 1. The van der Waals surface area contributed by atoms with Gasteiger partial charge in [0.2, 0.25) is 0 Å². The second-order valence-electron chi connectivity index (χ2n) is 9.91. The van der Waals surface area contributed by atoms with Gasteiger partial charge in [0.15, 0.2) is 11.5 Å². The van der Waals surface area contributed by atoms with Crippen molar-refractivity contribution in [3.8, 4) is 0 Å². The fraction of sp³-hybridized carbons (Fsp3) is 0.400. The van der Waals surface area contributed by atoms with E-state index >= 15 is 0 Å². The lowest BCUT2D eigenvalue weighted by Gasteiger charge is -2.37. The Labute approximate surface area is 201 Å². The number of benzene rings is 1. The van der Waals surface area contributed by atoms with E-state index < -0.39 is 5.82 Å². The van der Waals surface area contributed by atoms with E-state index in [0.717, 1.165) is 37.3 Å². The molecule has 1 amide bonds. The zero-order valence-corrected chi connectivity index (χ0v) is 19.8. The molecule has 0 aliphatic carbocycles. The highest BCUT2D eigenvalue weighted by atomic mass is 19.1. The summed E-state index contributed by atoms with van der Waals surface area (Å²) >= 11 is 0. The number of imidazole rings is 1. The summed E-state index contributed by atoms with van der Waals surface area (Å²) < 4.78 is 23.5. The Bertz CT molecular complexity index is 1430. The van der Waals surface area contributed by atoms with E-state index in [-0.39, 0.29) is 17.0 Å². The number of anilines is 2. The molecule has 2 N–H and O–H groups in total. The number of aromatic nitrogens is 4. The number of carbonyl (C=O) groups is 1. The Kier molecular flexibility index (Phi) is 5.23. The molecule has 182 valence electrons. The van der Waals surface area contributed by atoms with Crippen molar-refractivity contribution in [2.45, 2.75) is 20.4 Å². The maximum absolute atomic E-state index is 14.6. The summed E-state index contributed by atoms with van der Waals surface area (Å²) in [5.74, 6) is -0.823. The monoisotopic (exact) mass is 477 g/mol. The SMILES string of the molecule is Cc1cn2cc(NC(=O)c3ccc(N4CCNCC4)c4cn(CC5(C)COC5)nc34)cc(F)c2n1. The van der Waals surface area contributed by atoms with Gasteiger partial charge in [0.05, 0.1) is 36.7 Å². The molecule has 2 saturated heterocycles. The molecule has 0 spiro atoms. The Morgan fingerprint density at radius 2 is 2.03 bits per heavy atom. The maximum atomic E-state index is 14.6. The summed E-state index contributed by atoms with van der Waals surface area (Å²) in [4.78, 5) is 19.9. The van der Waals surface area contributed by atoms with Crippen molar-refractivity contribution in [2.75, 3.05) is 49.6 Å². The molecule has 0 saturated carbocycles. The molecule has 0 radical (unpaired) electrons. The second kappa shape index (κ2) is 8.31. The van der Waals surface area contributed by atoms with E-state index in [1.165, 1.54) is 6.07 Å². The van der Waals surface area contributed by atoms with E-state index in [1.807, 2.05) is 23.0 Å². The Hall–Kier alpha value is -3.50. The van der Waals surface area contributed by atoms with E-state index in [2.05, 4.69) is 27.4 Å². The number of rotatable bonds is 5. The summed E-state index contributed by atoms with van der Waals surface area (Å²) in [6.45, 7) is 9.69. The van der Waals surface area contributed by atoms with Gasteiger partial charge in [-0.25, -0.2) is 9.37 Å². The van der Waals surface area contributed by atoms with Gasteiger partial charge in [0.1, 0.15) is 5.52 Å². The number of nitrogens with zero attached hydrogens (tertiary/aromatic N) is 5. The maximum Gasteiger partial charge on any atom is 0.257 e. The van der Waals surface area contributed by atoms with E-state index in [9.17, 15) is 9.18 Å². The smallest absolute Gasteiger partial charge is 0.257 e. The number of piperazine rings is 1. The van der Waals surface area contributed by atoms with Crippen molar-refractivity contribution < 1.29 is 13.9 Å². The van der Waals surface area contributed by atoms with Gasteiger partial charge in [-0.1, -0.05) is 6.92 Å². The molecule has 6 rings (SSSR count). The topological polar surface area (TPSA) is 88.7 Å². The fourth-order valence-electron chi connectivity index (χ4n) is 4.96. The second-order valence-corrected chi connectivity index (χ2v) is 9.91. The summed E-state index contributed by atoms with van der Waals surface area (Å²) in [6.07, 6.45) is 5.42. The number of hydrogen-bond donors (Lipinski definition) is 2. The number of amides is 1. The van der Waals surface area contributed by atoms with Gasteiger partial charge < -0.3 is 24.7 Å². The minimum Gasteiger partial charge on any atom is -0.380 e. The van der Waals surface area contributed by atoms with Crippen LogP contribution in [0.25, 0.3) is 16.6 Å². The zero-order valence-electron chi connectivity index (χ0n) is 19.8. The molecule has 2 aliphatic heterocycles. The molecule has 10 heteroatoms. The van der Waals surface area contributed by atoms with Crippen LogP contribution >= 0.6 is 0 Å². The van der Waals surface area contributed by atoms with Crippen LogP contribution in [0.1, 0.15) is 23.0 Å². The van der Waals surface area contributed by atoms with Gasteiger partial charge in [-0.05, 0) is 19.1 Å². The number of aryl methyl sites for hydroxylation is 1. The number of hydrogen-bond acceptors (Lipinski definition) is 6. The minimum atomic E-state index is -0.490. The molecule has 0 bridgehead atoms. The van der Waals surface area contributed by atoms with Gasteiger partial charge in [-0.15, -0.1) is 0 Å². The lowest BCUT2D eigenvalue weighted by atomic mass is 9.89. The highest BCUT2D eigenvalue weighted by Gasteiger charge is 2.34. The van der Waals surface area contributed by atoms with Crippen LogP contribution in [-0.4, -0.2) is 64.5 Å². The zero-order chi connectivity index (χ0) is 24.2.